The van der Waals surface area contributed by atoms with E-state index in [0.29, 0.717) is 31.5 Å². The smallest absolute Gasteiger partial charge is 0.239 e. The Morgan fingerprint density at radius 2 is 1.67 bits per heavy atom. The highest BCUT2D eigenvalue weighted by Gasteiger charge is 2.46. The van der Waals surface area contributed by atoms with Crippen molar-refractivity contribution < 1.29 is 32.3 Å². The molecule has 4 amide bonds. The number of rotatable bonds is 2. The summed E-state index contributed by atoms with van der Waals surface area (Å²) in [5.74, 6) is -6.71. The van der Waals surface area contributed by atoms with Gasteiger partial charge in [0, 0.05) is 42.7 Å². The van der Waals surface area contributed by atoms with E-state index in [0.717, 1.165) is 0 Å². The zero-order chi connectivity index (χ0) is 24.3. The Labute approximate surface area is 189 Å². The zero-order valence-electron chi connectivity index (χ0n) is 18.5. The van der Waals surface area contributed by atoms with Crippen molar-refractivity contribution in [2.24, 2.45) is 11.3 Å². The number of hydrogen-bond acceptors (Lipinski definition) is 4. The van der Waals surface area contributed by atoms with E-state index in [4.69, 9.17) is 0 Å². The monoisotopic (exact) mass is 468 g/mol. The van der Waals surface area contributed by atoms with E-state index >= 15 is 0 Å². The number of amides is 4. The van der Waals surface area contributed by atoms with Gasteiger partial charge in [-0.1, -0.05) is 6.92 Å². The third-order valence-electron chi connectivity index (χ3n) is 6.43. The van der Waals surface area contributed by atoms with Gasteiger partial charge >= 0.3 is 0 Å². The SMILES string of the molecule is CC1C(=O)NCC(=O)NCC(=O)NC2CCCN(C2)C(=O)C1(C)Cc1c(F)cc(F)cc1F. The minimum atomic E-state index is -1.61. The van der Waals surface area contributed by atoms with Crippen molar-refractivity contribution in [2.75, 3.05) is 26.2 Å². The van der Waals surface area contributed by atoms with Gasteiger partial charge in [-0.15, -0.1) is 0 Å². The standard InChI is InChI=1S/C22H27F3N4O4/c1-12-20(32)27-9-18(30)26-10-19(31)28-14-4-3-5-29(11-14)21(33)22(12,2)8-15-16(24)6-13(23)7-17(15)25/h6-7,12,14H,3-5,8-11H2,1-2H3,(H,26,30)(H,27,32)(H,28,31). The molecule has 0 aromatic heterocycles. The number of benzene rings is 1. The lowest BCUT2D eigenvalue weighted by molar-refractivity contribution is -0.150. The summed E-state index contributed by atoms with van der Waals surface area (Å²) in [4.78, 5) is 52.1. The Bertz CT molecular complexity index is 950. The molecule has 3 atom stereocenters. The fourth-order valence-electron chi connectivity index (χ4n) is 4.29. The van der Waals surface area contributed by atoms with Crippen molar-refractivity contribution in [1.29, 1.82) is 0 Å². The third-order valence-corrected chi connectivity index (χ3v) is 6.43. The van der Waals surface area contributed by atoms with Crippen molar-refractivity contribution in [3.8, 4) is 0 Å². The van der Waals surface area contributed by atoms with Gasteiger partial charge in [0.1, 0.15) is 17.5 Å². The first-order valence-electron chi connectivity index (χ1n) is 10.8. The molecule has 2 bridgehead atoms. The van der Waals surface area contributed by atoms with Gasteiger partial charge in [-0.3, -0.25) is 19.2 Å². The minimum absolute atomic E-state index is 0.150. The van der Waals surface area contributed by atoms with E-state index in [2.05, 4.69) is 16.0 Å². The molecule has 2 aliphatic heterocycles. The summed E-state index contributed by atoms with van der Waals surface area (Å²) < 4.78 is 42.4. The van der Waals surface area contributed by atoms with Gasteiger partial charge in [-0.05, 0) is 26.2 Å². The number of carbonyl (C=O) groups is 4. The normalized spacial score (nSPS) is 27.4. The number of piperidine rings is 1. The maximum absolute atomic E-state index is 14.5. The van der Waals surface area contributed by atoms with Gasteiger partial charge < -0.3 is 20.9 Å². The van der Waals surface area contributed by atoms with Gasteiger partial charge in [0.15, 0.2) is 0 Å². The van der Waals surface area contributed by atoms with E-state index in [9.17, 15) is 32.3 Å². The molecule has 33 heavy (non-hydrogen) atoms. The second-order valence-corrected chi connectivity index (χ2v) is 8.82. The third kappa shape index (κ3) is 5.45. The zero-order valence-corrected chi connectivity index (χ0v) is 18.5. The largest absolute Gasteiger partial charge is 0.350 e. The number of fused-ring (bicyclic) bond motifs is 2. The molecule has 2 aliphatic rings. The Hall–Kier alpha value is -3.11. The summed E-state index contributed by atoms with van der Waals surface area (Å²) in [5, 5.41) is 7.58. The van der Waals surface area contributed by atoms with Crippen LogP contribution >= 0.6 is 0 Å². The molecule has 2 saturated heterocycles. The Morgan fingerprint density at radius 3 is 2.33 bits per heavy atom. The number of carbonyl (C=O) groups excluding carboxylic acids is 4. The fraction of sp³-hybridized carbons (Fsp3) is 0.545. The van der Waals surface area contributed by atoms with Crippen LogP contribution in [0.5, 0.6) is 0 Å². The maximum Gasteiger partial charge on any atom is 0.239 e. The van der Waals surface area contributed by atoms with Crippen LogP contribution in [0.2, 0.25) is 0 Å². The fourth-order valence-corrected chi connectivity index (χ4v) is 4.29. The average Bonchev–Trinajstić information content (AvgIpc) is 2.76. The predicted molar refractivity (Wildman–Crippen MR) is 111 cm³/mol. The second-order valence-electron chi connectivity index (χ2n) is 8.82. The van der Waals surface area contributed by atoms with Crippen LogP contribution in [0.25, 0.3) is 0 Å². The van der Waals surface area contributed by atoms with Crippen LogP contribution < -0.4 is 16.0 Å². The van der Waals surface area contributed by atoms with Crippen LogP contribution in [0.3, 0.4) is 0 Å². The molecule has 2 fully saturated rings. The molecule has 1 aromatic rings. The van der Waals surface area contributed by atoms with Crippen molar-refractivity contribution in [2.45, 2.75) is 39.2 Å². The molecular weight excluding hydrogens is 441 g/mol. The molecule has 3 N–H and O–H groups in total. The molecule has 0 spiro atoms. The first-order valence-corrected chi connectivity index (χ1v) is 10.8. The second kappa shape index (κ2) is 9.80. The van der Waals surface area contributed by atoms with Crippen LogP contribution in [0.1, 0.15) is 32.3 Å². The van der Waals surface area contributed by atoms with E-state index < -0.39 is 70.9 Å². The number of nitrogens with one attached hydrogen (secondary N) is 3. The Balaban J connectivity index is 2.00. The van der Waals surface area contributed by atoms with Crippen LogP contribution in [-0.2, 0) is 25.6 Å². The van der Waals surface area contributed by atoms with Crippen LogP contribution in [0, 0.1) is 28.8 Å². The summed E-state index contributed by atoms with van der Waals surface area (Å²) >= 11 is 0. The van der Waals surface area contributed by atoms with Crippen molar-refractivity contribution >= 4 is 23.6 Å². The Morgan fingerprint density at radius 1 is 1.03 bits per heavy atom. The van der Waals surface area contributed by atoms with Crippen LogP contribution in [-0.4, -0.2) is 60.7 Å². The topological polar surface area (TPSA) is 108 Å². The highest BCUT2D eigenvalue weighted by atomic mass is 19.1. The van der Waals surface area contributed by atoms with Gasteiger partial charge in [0.25, 0.3) is 0 Å². The quantitative estimate of drug-likeness (QED) is 0.592. The van der Waals surface area contributed by atoms with Crippen LogP contribution in [0.4, 0.5) is 13.2 Å². The highest BCUT2D eigenvalue weighted by molar-refractivity contribution is 5.93. The summed E-state index contributed by atoms with van der Waals surface area (Å²) in [7, 11) is 0. The molecule has 2 heterocycles. The molecule has 0 saturated carbocycles. The molecule has 11 heteroatoms. The summed E-state index contributed by atoms with van der Waals surface area (Å²) in [6.07, 6.45) is 0.675. The first-order chi connectivity index (χ1) is 15.5. The highest BCUT2D eigenvalue weighted by Crippen LogP contribution is 2.37. The lowest BCUT2D eigenvalue weighted by Crippen LogP contribution is -2.58. The van der Waals surface area contributed by atoms with Gasteiger partial charge in [-0.2, -0.15) is 0 Å². The van der Waals surface area contributed by atoms with Gasteiger partial charge in [0.05, 0.1) is 18.5 Å². The lowest BCUT2D eigenvalue weighted by atomic mass is 9.71. The van der Waals surface area contributed by atoms with Crippen LogP contribution in [0.15, 0.2) is 12.1 Å². The maximum atomic E-state index is 14.5. The number of hydrogen-bond donors (Lipinski definition) is 3. The first kappa shape index (κ1) is 24.5. The molecule has 0 radical (unpaired) electrons. The molecule has 180 valence electrons. The summed E-state index contributed by atoms with van der Waals surface area (Å²) in [6, 6.07) is 0.677. The summed E-state index contributed by atoms with van der Waals surface area (Å²) in [6.45, 7) is 2.66. The number of halogens is 3. The molecule has 1 aromatic carbocycles. The van der Waals surface area contributed by atoms with Gasteiger partial charge in [0.2, 0.25) is 23.6 Å². The van der Waals surface area contributed by atoms with Gasteiger partial charge in [-0.25, -0.2) is 13.2 Å². The lowest BCUT2D eigenvalue weighted by Gasteiger charge is -2.41. The van der Waals surface area contributed by atoms with E-state index in [-0.39, 0.29) is 19.1 Å². The van der Waals surface area contributed by atoms with E-state index in [1.807, 2.05) is 0 Å². The van der Waals surface area contributed by atoms with Crippen molar-refractivity contribution in [3.05, 3.63) is 35.1 Å². The molecule has 3 unspecified atom stereocenters. The van der Waals surface area contributed by atoms with E-state index in [1.165, 1.54) is 18.7 Å². The average molecular weight is 468 g/mol. The minimum Gasteiger partial charge on any atom is -0.350 e. The molecule has 8 nitrogen and oxygen atoms in total. The van der Waals surface area contributed by atoms with Crippen molar-refractivity contribution in [3.63, 3.8) is 0 Å². The van der Waals surface area contributed by atoms with E-state index in [1.54, 1.807) is 0 Å². The number of nitrogens with zero attached hydrogens (tertiary/aromatic N) is 1. The molecular formula is C22H27F3N4O4. The molecule has 0 aliphatic carbocycles. The predicted octanol–water partition coefficient (Wildman–Crippen LogP) is 0.642. The summed E-state index contributed by atoms with van der Waals surface area (Å²) in [5.41, 5.74) is -2.12. The molecule has 3 rings (SSSR count). The Kier molecular flexibility index (Phi) is 7.28. The van der Waals surface area contributed by atoms with Crippen molar-refractivity contribution in [1.82, 2.24) is 20.9 Å².